The van der Waals surface area contributed by atoms with Crippen LogP contribution in [0.1, 0.15) is 31.1 Å². The van der Waals surface area contributed by atoms with Gasteiger partial charge in [0.05, 0.1) is 13.7 Å². The number of amides is 1. The van der Waals surface area contributed by atoms with Gasteiger partial charge in [-0.2, -0.15) is 0 Å². The predicted octanol–water partition coefficient (Wildman–Crippen LogP) is 4.08. The zero-order valence-corrected chi connectivity index (χ0v) is 16.1. The van der Waals surface area contributed by atoms with Crippen molar-refractivity contribution in [3.8, 4) is 22.6 Å². The molecule has 0 aliphatic rings. The SMILES string of the molecule is COc1ccccc1-c1cc(C=O)cc(OCCNC(=O)OC(C)(C)C)c1. The summed E-state index contributed by atoms with van der Waals surface area (Å²) in [6, 6.07) is 12.8. The highest BCUT2D eigenvalue weighted by molar-refractivity contribution is 5.81. The highest BCUT2D eigenvalue weighted by Gasteiger charge is 2.15. The molecule has 144 valence electrons. The van der Waals surface area contributed by atoms with Crippen LogP contribution in [0.4, 0.5) is 4.79 Å². The first-order valence-corrected chi connectivity index (χ1v) is 8.65. The highest BCUT2D eigenvalue weighted by Crippen LogP contribution is 2.32. The third-order valence-electron chi connectivity index (χ3n) is 3.52. The summed E-state index contributed by atoms with van der Waals surface area (Å²) in [6.45, 7) is 5.92. The molecule has 0 saturated heterocycles. The van der Waals surface area contributed by atoms with Crippen molar-refractivity contribution < 1.29 is 23.8 Å². The van der Waals surface area contributed by atoms with Gasteiger partial charge in [-0.1, -0.05) is 18.2 Å². The summed E-state index contributed by atoms with van der Waals surface area (Å²) < 4.78 is 16.2. The highest BCUT2D eigenvalue weighted by atomic mass is 16.6. The summed E-state index contributed by atoms with van der Waals surface area (Å²) in [7, 11) is 1.60. The summed E-state index contributed by atoms with van der Waals surface area (Å²) in [4.78, 5) is 22.9. The molecule has 27 heavy (non-hydrogen) atoms. The minimum absolute atomic E-state index is 0.243. The zero-order chi connectivity index (χ0) is 19.9. The van der Waals surface area contributed by atoms with Gasteiger partial charge < -0.3 is 19.5 Å². The fourth-order valence-electron chi connectivity index (χ4n) is 2.45. The summed E-state index contributed by atoms with van der Waals surface area (Å²) in [5, 5.41) is 2.63. The van der Waals surface area contributed by atoms with Crippen LogP contribution in [0.25, 0.3) is 11.1 Å². The largest absolute Gasteiger partial charge is 0.496 e. The standard InChI is InChI=1S/C21H25NO5/c1-21(2,3)27-20(24)22-9-10-26-17-12-15(14-23)11-16(13-17)18-7-5-6-8-19(18)25-4/h5-8,11-14H,9-10H2,1-4H3,(H,22,24). The maximum atomic E-state index is 11.6. The second kappa shape index (κ2) is 9.07. The number of carbonyl (C=O) groups is 2. The van der Waals surface area contributed by atoms with E-state index in [1.54, 1.807) is 40.0 Å². The molecule has 0 aliphatic heterocycles. The van der Waals surface area contributed by atoms with Gasteiger partial charge in [0.1, 0.15) is 30.0 Å². The van der Waals surface area contributed by atoms with Crippen molar-refractivity contribution in [3.05, 3.63) is 48.0 Å². The number of para-hydroxylation sites is 1. The van der Waals surface area contributed by atoms with Crippen LogP contribution in [0, 0.1) is 0 Å². The van der Waals surface area contributed by atoms with E-state index in [1.165, 1.54) is 0 Å². The molecule has 0 heterocycles. The normalized spacial score (nSPS) is 10.8. The Morgan fingerprint density at radius 3 is 2.56 bits per heavy atom. The molecule has 1 amide bonds. The van der Waals surface area contributed by atoms with E-state index in [1.807, 2.05) is 30.3 Å². The Bertz CT molecular complexity index is 795. The van der Waals surface area contributed by atoms with Crippen LogP contribution < -0.4 is 14.8 Å². The van der Waals surface area contributed by atoms with Crippen LogP contribution in [0.2, 0.25) is 0 Å². The van der Waals surface area contributed by atoms with Gasteiger partial charge in [-0.05, 0) is 50.6 Å². The number of hydrogen-bond acceptors (Lipinski definition) is 5. The van der Waals surface area contributed by atoms with Crippen molar-refractivity contribution >= 4 is 12.4 Å². The van der Waals surface area contributed by atoms with Crippen molar-refractivity contribution in [3.63, 3.8) is 0 Å². The molecular formula is C21H25NO5. The Morgan fingerprint density at radius 1 is 1.15 bits per heavy atom. The first kappa shape index (κ1) is 20.3. The molecule has 0 unspecified atom stereocenters. The van der Waals surface area contributed by atoms with Crippen LogP contribution in [0.3, 0.4) is 0 Å². The number of benzene rings is 2. The molecule has 0 bridgehead atoms. The number of nitrogens with one attached hydrogen (secondary N) is 1. The number of aldehydes is 1. The van der Waals surface area contributed by atoms with Gasteiger partial charge in [0, 0.05) is 11.1 Å². The lowest BCUT2D eigenvalue weighted by Crippen LogP contribution is -2.34. The first-order valence-electron chi connectivity index (χ1n) is 8.65. The Hall–Kier alpha value is -3.02. The molecule has 6 nitrogen and oxygen atoms in total. The molecule has 0 aromatic heterocycles. The smallest absolute Gasteiger partial charge is 0.407 e. The lowest BCUT2D eigenvalue weighted by molar-refractivity contribution is 0.0520. The number of rotatable bonds is 7. The van der Waals surface area contributed by atoms with Gasteiger partial charge >= 0.3 is 6.09 Å². The Kier molecular flexibility index (Phi) is 6.82. The van der Waals surface area contributed by atoms with Crippen molar-refractivity contribution in [2.24, 2.45) is 0 Å². The number of ether oxygens (including phenoxy) is 3. The van der Waals surface area contributed by atoms with Crippen LogP contribution in [0.15, 0.2) is 42.5 Å². The summed E-state index contributed by atoms with van der Waals surface area (Å²) >= 11 is 0. The average molecular weight is 371 g/mol. The predicted molar refractivity (Wildman–Crippen MR) is 104 cm³/mol. The molecular weight excluding hydrogens is 346 g/mol. The molecule has 6 heteroatoms. The molecule has 1 N–H and O–H groups in total. The molecule has 0 aliphatic carbocycles. The van der Waals surface area contributed by atoms with Gasteiger partial charge in [0.2, 0.25) is 0 Å². The third-order valence-corrected chi connectivity index (χ3v) is 3.52. The maximum absolute atomic E-state index is 11.6. The minimum atomic E-state index is -0.549. The minimum Gasteiger partial charge on any atom is -0.496 e. The van der Waals surface area contributed by atoms with E-state index in [2.05, 4.69) is 5.32 Å². The summed E-state index contributed by atoms with van der Waals surface area (Å²) in [5.74, 6) is 1.24. The van der Waals surface area contributed by atoms with Gasteiger partial charge in [-0.25, -0.2) is 4.79 Å². The molecule has 0 atom stereocenters. The molecule has 2 rings (SSSR count). The Balaban J connectivity index is 2.05. The van der Waals surface area contributed by atoms with Crippen LogP contribution in [-0.4, -0.2) is 38.2 Å². The number of methoxy groups -OCH3 is 1. The van der Waals surface area contributed by atoms with Gasteiger partial charge in [0.25, 0.3) is 0 Å². The number of carbonyl (C=O) groups excluding carboxylic acids is 2. The van der Waals surface area contributed by atoms with Gasteiger partial charge in [0.15, 0.2) is 0 Å². The van der Waals surface area contributed by atoms with E-state index in [4.69, 9.17) is 14.2 Å². The molecule has 0 saturated carbocycles. The fourth-order valence-corrected chi connectivity index (χ4v) is 2.45. The van der Waals surface area contributed by atoms with Gasteiger partial charge in [-0.3, -0.25) is 4.79 Å². The van der Waals surface area contributed by atoms with E-state index in [-0.39, 0.29) is 13.2 Å². The molecule has 0 radical (unpaired) electrons. The lowest BCUT2D eigenvalue weighted by Gasteiger charge is -2.19. The second-order valence-corrected chi connectivity index (χ2v) is 6.89. The van der Waals surface area contributed by atoms with Crippen molar-refractivity contribution in [1.29, 1.82) is 0 Å². The molecule has 2 aromatic carbocycles. The molecule has 2 aromatic rings. The first-order chi connectivity index (χ1) is 12.8. The van der Waals surface area contributed by atoms with E-state index < -0.39 is 11.7 Å². The van der Waals surface area contributed by atoms with E-state index >= 15 is 0 Å². The van der Waals surface area contributed by atoms with Crippen molar-refractivity contribution in [2.75, 3.05) is 20.3 Å². The summed E-state index contributed by atoms with van der Waals surface area (Å²) in [5.41, 5.74) is 1.62. The number of hydrogen-bond donors (Lipinski definition) is 1. The Labute approximate surface area is 159 Å². The maximum Gasteiger partial charge on any atom is 0.407 e. The zero-order valence-electron chi connectivity index (χ0n) is 16.1. The molecule has 0 spiro atoms. The van der Waals surface area contributed by atoms with E-state index in [0.29, 0.717) is 17.1 Å². The van der Waals surface area contributed by atoms with Crippen molar-refractivity contribution in [2.45, 2.75) is 26.4 Å². The molecule has 0 fully saturated rings. The fraction of sp³-hybridized carbons (Fsp3) is 0.333. The van der Waals surface area contributed by atoms with Crippen LogP contribution in [-0.2, 0) is 4.74 Å². The topological polar surface area (TPSA) is 73.9 Å². The third kappa shape index (κ3) is 6.33. The van der Waals surface area contributed by atoms with Crippen LogP contribution >= 0.6 is 0 Å². The second-order valence-electron chi connectivity index (χ2n) is 6.89. The van der Waals surface area contributed by atoms with Crippen LogP contribution in [0.5, 0.6) is 11.5 Å². The van der Waals surface area contributed by atoms with Crippen molar-refractivity contribution in [1.82, 2.24) is 5.32 Å². The quantitative estimate of drug-likeness (QED) is 0.586. The average Bonchev–Trinajstić information content (AvgIpc) is 2.63. The van der Waals surface area contributed by atoms with Gasteiger partial charge in [-0.15, -0.1) is 0 Å². The Morgan fingerprint density at radius 2 is 1.89 bits per heavy atom. The van der Waals surface area contributed by atoms with E-state index in [0.717, 1.165) is 17.4 Å². The van der Waals surface area contributed by atoms with E-state index in [9.17, 15) is 9.59 Å². The number of alkyl carbamates (subject to hydrolysis) is 1. The monoisotopic (exact) mass is 371 g/mol. The summed E-state index contributed by atoms with van der Waals surface area (Å²) in [6.07, 6.45) is 0.271. The lowest BCUT2D eigenvalue weighted by atomic mass is 10.0.